The molecule has 1 N–H and O–H groups in total. The number of hydrogen-bond acceptors (Lipinski definition) is 4. The van der Waals surface area contributed by atoms with E-state index in [-0.39, 0.29) is 11.3 Å². The Labute approximate surface area is 110 Å². The van der Waals surface area contributed by atoms with Gasteiger partial charge in [0.2, 0.25) is 11.6 Å². The van der Waals surface area contributed by atoms with Crippen molar-refractivity contribution in [1.29, 1.82) is 0 Å². The summed E-state index contributed by atoms with van der Waals surface area (Å²) in [5.74, 6) is -0.613. The molecule has 4 heteroatoms. The number of aliphatic hydroxyl groups is 1. The van der Waals surface area contributed by atoms with Crippen molar-refractivity contribution in [2.24, 2.45) is 0 Å². The molecular formula is C15H14O4. The number of hydrogen-bond donors (Lipinski definition) is 1. The van der Waals surface area contributed by atoms with E-state index in [4.69, 9.17) is 4.74 Å². The van der Waals surface area contributed by atoms with Gasteiger partial charge < -0.3 is 9.84 Å². The standard InChI is InChI=1S/C15H14O4/c1-6-5-8-11(15(3,4)19-8)10-9(6)14(18)13(17)7(2)12(10)16/h5,16H,1-4H3. The Morgan fingerprint density at radius 2 is 1.74 bits per heavy atom. The first-order valence-corrected chi connectivity index (χ1v) is 6.12. The molecule has 0 atom stereocenters. The van der Waals surface area contributed by atoms with Crippen LogP contribution in [0.4, 0.5) is 0 Å². The molecule has 2 aliphatic rings. The number of Topliss-reactive ketones (excluding diaryl/α,β-unsaturated/α-hetero) is 2. The van der Waals surface area contributed by atoms with Crippen LogP contribution < -0.4 is 4.74 Å². The average Bonchev–Trinajstić information content (AvgIpc) is 2.31. The number of allylic oxidation sites excluding steroid dienone is 1. The SMILES string of the molecule is CC1=C(O)c2c(c(C)cc3c2C(C)(C)O3)C(=O)C1=O. The molecule has 0 unspecified atom stereocenters. The minimum atomic E-state index is -0.633. The Morgan fingerprint density at radius 3 is 2.32 bits per heavy atom. The Kier molecular flexibility index (Phi) is 2.05. The van der Waals surface area contributed by atoms with Crippen molar-refractivity contribution in [3.8, 4) is 5.75 Å². The molecule has 1 aliphatic heterocycles. The van der Waals surface area contributed by atoms with Gasteiger partial charge in [0, 0.05) is 22.3 Å². The molecular weight excluding hydrogens is 244 g/mol. The summed E-state index contributed by atoms with van der Waals surface area (Å²) in [7, 11) is 0. The lowest BCUT2D eigenvalue weighted by molar-refractivity contribution is -0.111. The van der Waals surface area contributed by atoms with Gasteiger partial charge in [-0.1, -0.05) is 0 Å². The van der Waals surface area contributed by atoms with Crippen molar-refractivity contribution in [3.63, 3.8) is 0 Å². The molecule has 4 nitrogen and oxygen atoms in total. The Morgan fingerprint density at radius 1 is 1.11 bits per heavy atom. The molecule has 19 heavy (non-hydrogen) atoms. The summed E-state index contributed by atoms with van der Waals surface area (Å²) < 4.78 is 5.63. The number of carbonyl (C=O) groups is 2. The lowest BCUT2D eigenvalue weighted by atomic mass is 9.77. The van der Waals surface area contributed by atoms with Gasteiger partial charge in [0.1, 0.15) is 17.1 Å². The maximum absolute atomic E-state index is 12.2. The van der Waals surface area contributed by atoms with E-state index in [2.05, 4.69) is 0 Å². The molecule has 1 aromatic carbocycles. The van der Waals surface area contributed by atoms with E-state index in [9.17, 15) is 14.7 Å². The van der Waals surface area contributed by atoms with E-state index >= 15 is 0 Å². The smallest absolute Gasteiger partial charge is 0.234 e. The van der Waals surface area contributed by atoms with E-state index in [1.807, 2.05) is 13.8 Å². The molecule has 3 rings (SSSR count). The van der Waals surface area contributed by atoms with Crippen LogP contribution >= 0.6 is 0 Å². The van der Waals surface area contributed by atoms with Gasteiger partial charge in [0.15, 0.2) is 0 Å². The highest BCUT2D eigenvalue weighted by molar-refractivity contribution is 6.52. The van der Waals surface area contributed by atoms with Gasteiger partial charge in [0.25, 0.3) is 0 Å². The number of ketones is 2. The molecule has 98 valence electrons. The molecule has 1 heterocycles. The Bertz CT molecular complexity index is 693. The van der Waals surface area contributed by atoms with E-state index in [1.54, 1.807) is 13.0 Å². The van der Waals surface area contributed by atoms with Crippen molar-refractivity contribution in [2.75, 3.05) is 0 Å². The maximum atomic E-state index is 12.2. The molecule has 0 spiro atoms. The zero-order chi connectivity index (χ0) is 14.1. The molecule has 0 saturated carbocycles. The monoisotopic (exact) mass is 258 g/mol. The zero-order valence-electron chi connectivity index (χ0n) is 11.2. The second-order valence-corrected chi connectivity index (χ2v) is 5.56. The third-order valence-corrected chi connectivity index (χ3v) is 3.82. The third-order valence-electron chi connectivity index (χ3n) is 3.82. The minimum absolute atomic E-state index is 0.101. The predicted molar refractivity (Wildman–Crippen MR) is 69.4 cm³/mol. The quantitative estimate of drug-likeness (QED) is 0.727. The van der Waals surface area contributed by atoms with Crippen molar-refractivity contribution in [2.45, 2.75) is 33.3 Å². The number of benzene rings is 1. The number of carbonyl (C=O) groups excluding carboxylic acids is 2. The maximum Gasteiger partial charge on any atom is 0.234 e. The summed E-state index contributed by atoms with van der Waals surface area (Å²) >= 11 is 0. The van der Waals surface area contributed by atoms with Gasteiger partial charge in [-0.05, 0) is 39.3 Å². The second-order valence-electron chi connectivity index (χ2n) is 5.56. The van der Waals surface area contributed by atoms with Crippen LogP contribution in [0.1, 0.15) is 47.8 Å². The van der Waals surface area contributed by atoms with E-state index < -0.39 is 17.2 Å². The highest BCUT2D eigenvalue weighted by Crippen LogP contribution is 2.50. The molecule has 0 amide bonds. The van der Waals surface area contributed by atoms with E-state index in [0.29, 0.717) is 22.4 Å². The third kappa shape index (κ3) is 1.28. The number of ether oxygens (including phenoxy) is 1. The van der Waals surface area contributed by atoms with Crippen molar-refractivity contribution < 1.29 is 19.4 Å². The van der Waals surface area contributed by atoms with Crippen LogP contribution in [0.15, 0.2) is 11.6 Å². The molecule has 0 bridgehead atoms. The Balaban J connectivity index is 2.45. The van der Waals surface area contributed by atoms with Gasteiger partial charge in [-0.3, -0.25) is 9.59 Å². The summed E-state index contributed by atoms with van der Waals surface area (Å²) in [6.07, 6.45) is 0. The molecule has 1 aromatic rings. The summed E-state index contributed by atoms with van der Waals surface area (Å²) in [5, 5.41) is 10.3. The zero-order valence-corrected chi connectivity index (χ0v) is 11.2. The number of aryl methyl sites for hydroxylation is 1. The predicted octanol–water partition coefficient (Wildman–Crippen LogP) is 2.68. The van der Waals surface area contributed by atoms with Gasteiger partial charge >= 0.3 is 0 Å². The fourth-order valence-electron chi connectivity index (χ4n) is 2.85. The molecule has 0 aromatic heterocycles. The summed E-state index contributed by atoms with van der Waals surface area (Å²) in [4.78, 5) is 24.0. The number of aliphatic hydroxyl groups excluding tert-OH is 1. The van der Waals surface area contributed by atoms with Crippen LogP contribution in [-0.2, 0) is 10.4 Å². The van der Waals surface area contributed by atoms with Gasteiger partial charge in [-0.2, -0.15) is 0 Å². The van der Waals surface area contributed by atoms with Gasteiger partial charge in [-0.15, -0.1) is 0 Å². The van der Waals surface area contributed by atoms with Crippen molar-refractivity contribution >= 4 is 17.3 Å². The summed E-state index contributed by atoms with van der Waals surface area (Å²) in [6.45, 7) is 6.95. The minimum Gasteiger partial charge on any atom is -0.507 e. The first kappa shape index (κ1) is 12.0. The van der Waals surface area contributed by atoms with Gasteiger partial charge in [0.05, 0.1) is 0 Å². The normalized spacial score (nSPS) is 19.6. The summed E-state index contributed by atoms with van der Waals surface area (Å²) in [5.41, 5.74) is 1.78. The fraction of sp³-hybridized carbons (Fsp3) is 0.333. The van der Waals surface area contributed by atoms with Crippen LogP contribution in [0, 0.1) is 6.92 Å². The van der Waals surface area contributed by atoms with Crippen LogP contribution in [0.2, 0.25) is 0 Å². The van der Waals surface area contributed by atoms with Crippen LogP contribution in [0.3, 0.4) is 0 Å². The Hall–Kier alpha value is -2.10. The average molecular weight is 258 g/mol. The molecule has 0 saturated heterocycles. The highest BCUT2D eigenvalue weighted by Gasteiger charge is 2.45. The lowest BCUT2D eigenvalue weighted by Gasteiger charge is -2.41. The topological polar surface area (TPSA) is 63.6 Å². The second kappa shape index (κ2) is 3.26. The van der Waals surface area contributed by atoms with E-state index in [1.165, 1.54) is 6.92 Å². The largest absolute Gasteiger partial charge is 0.507 e. The molecule has 0 fully saturated rings. The summed E-state index contributed by atoms with van der Waals surface area (Å²) in [6, 6.07) is 1.75. The lowest BCUT2D eigenvalue weighted by Crippen LogP contribution is -2.39. The fourth-order valence-corrected chi connectivity index (χ4v) is 2.85. The van der Waals surface area contributed by atoms with Gasteiger partial charge in [-0.25, -0.2) is 0 Å². The highest BCUT2D eigenvalue weighted by atomic mass is 16.5. The van der Waals surface area contributed by atoms with Crippen LogP contribution in [0.25, 0.3) is 5.76 Å². The van der Waals surface area contributed by atoms with Crippen molar-refractivity contribution in [1.82, 2.24) is 0 Å². The van der Waals surface area contributed by atoms with E-state index in [0.717, 1.165) is 5.56 Å². The van der Waals surface area contributed by atoms with Crippen LogP contribution in [0.5, 0.6) is 5.75 Å². The van der Waals surface area contributed by atoms with Crippen LogP contribution in [-0.4, -0.2) is 16.7 Å². The first-order chi connectivity index (χ1) is 8.75. The first-order valence-electron chi connectivity index (χ1n) is 6.12. The van der Waals surface area contributed by atoms with Crippen molar-refractivity contribution in [3.05, 3.63) is 33.9 Å². The molecule has 0 radical (unpaired) electrons. The number of fused-ring (bicyclic) bond motifs is 3. The molecule has 1 aliphatic carbocycles. The number of rotatable bonds is 0.